The lowest BCUT2D eigenvalue weighted by Crippen LogP contribution is -2.23. The summed E-state index contributed by atoms with van der Waals surface area (Å²) in [6.07, 6.45) is 3.66. The lowest BCUT2D eigenvalue weighted by molar-refractivity contribution is 0.178. The fourth-order valence-electron chi connectivity index (χ4n) is 2.66. The summed E-state index contributed by atoms with van der Waals surface area (Å²) >= 11 is 1.56. The zero-order chi connectivity index (χ0) is 16.9. The van der Waals surface area contributed by atoms with Crippen LogP contribution in [0.15, 0.2) is 53.6 Å². The Bertz CT molecular complexity index is 739. The number of nitrogens with zero attached hydrogens (tertiary/aromatic N) is 1. The summed E-state index contributed by atoms with van der Waals surface area (Å²) in [5.41, 5.74) is 2.73. The monoisotopic (exact) mass is 346 g/mol. The van der Waals surface area contributed by atoms with Gasteiger partial charge >= 0.3 is 0 Å². The number of aliphatic hydroxyl groups excluding tert-OH is 2. The van der Waals surface area contributed by atoms with Crippen molar-refractivity contribution >= 4 is 23.7 Å². The van der Waals surface area contributed by atoms with Gasteiger partial charge in [-0.2, -0.15) is 0 Å². The Balaban J connectivity index is 1.73. The second kappa shape index (κ2) is 7.81. The van der Waals surface area contributed by atoms with Crippen LogP contribution in [0.5, 0.6) is 0 Å². The Morgan fingerprint density at radius 2 is 2.08 bits per heavy atom. The molecule has 0 fully saturated rings. The Labute approximate surface area is 144 Å². The number of β-amino-alcohol motifs (C(OH)–C–C–N with tert-alkyl or cyclic N) is 1. The SMILES string of the molecule is OCCN1Sc2ccc(/C=C/Nc3cccc(F)c3)cc2C1CO. The van der Waals surface area contributed by atoms with Gasteiger partial charge in [0.05, 0.1) is 19.3 Å². The predicted molar refractivity (Wildman–Crippen MR) is 95.0 cm³/mol. The molecular formula is C18H19FN2O2S. The predicted octanol–water partition coefficient (Wildman–Crippen LogP) is 3.26. The lowest BCUT2D eigenvalue weighted by atomic mass is 10.0. The van der Waals surface area contributed by atoms with Gasteiger partial charge in [0.2, 0.25) is 0 Å². The smallest absolute Gasteiger partial charge is 0.125 e. The van der Waals surface area contributed by atoms with Crippen LogP contribution in [0.3, 0.4) is 0 Å². The third-order valence-corrected chi connectivity index (χ3v) is 5.04. The maximum absolute atomic E-state index is 13.1. The van der Waals surface area contributed by atoms with Crippen molar-refractivity contribution in [1.82, 2.24) is 4.31 Å². The van der Waals surface area contributed by atoms with E-state index in [9.17, 15) is 9.50 Å². The van der Waals surface area contributed by atoms with Gasteiger partial charge in [-0.1, -0.05) is 12.1 Å². The van der Waals surface area contributed by atoms with Gasteiger partial charge in [0.1, 0.15) is 5.82 Å². The zero-order valence-corrected chi connectivity index (χ0v) is 13.8. The highest BCUT2D eigenvalue weighted by molar-refractivity contribution is 7.97. The van der Waals surface area contributed by atoms with Crippen LogP contribution in [0.1, 0.15) is 17.2 Å². The van der Waals surface area contributed by atoms with Crippen molar-refractivity contribution < 1.29 is 14.6 Å². The van der Waals surface area contributed by atoms with Crippen LogP contribution < -0.4 is 5.32 Å². The zero-order valence-electron chi connectivity index (χ0n) is 13.0. The molecule has 6 heteroatoms. The topological polar surface area (TPSA) is 55.7 Å². The van der Waals surface area contributed by atoms with E-state index in [-0.39, 0.29) is 25.1 Å². The molecule has 1 unspecified atom stereocenters. The summed E-state index contributed by atoms with van der Waals surface area (Å²) in [6.45, 7) is 0.577. The molecule has 1 atom stereocenters. The Morgan fingerprint density at radius 1 is 1.21 bits per heavy atom. The number of nitrogens with one attached hydrogen (secondary N) is 1. The number of fused-ring (bicyclic) bond motifs is 1. The number of aliphatic hydroxyl groups is 2. The van der Waals surface area contributed by atoms with Crippen molar-refractivity contribution in [2.45, 2.75) is 10.9 Å². The quantitative estimate of drug-likeness (QED) is 0.701. The first kappa shape index (κ1) is 17.0. The molecular weight excluding hydrogens is 327 g/mol. The van der Waals surface area contributed by atoms with Gasteiger partial charge in [0.25, 0.3) is 0 Å². The molecule has 0 spiro atoms. The number of halogens is 1. The second-order valence-electron chi connectivity index (χ2n) is 5.44. The molecule has 0 radical (unpaired) electrons. The Hall–Kier alpha value is -1.86. The fraction of sp³-hybridized carbons (Fsp3) is 0.222. The largest absolute Gasteiger partial charge is 0.395 e. The van der Waals surface area contributed by atoms with Gasteiger partial charge in [-0.25, -0.2) is 8.70 Å². The molecule has 0 saturated heterocycles. The van der Waals surface area contributed by atoms with E-state index in [2.05, 4.69) is 5.32 Å². The highest BCUT2D eigenvalue weighted by Crippen LogP contribution is 2.44. The molecule has 0 aliphatic carbocycles. The molecule has 2 aromatic carbocycles. The molecule has 3 rings (SSSR count). The third-order valence-electron chi connectivity index (χ3n) is 3.80. The molecule has 3 N–H and O–H groups in total. The molecule has 4 nitrogen and oxygen atoms in total. The first-order valence-corrected chi connectivity index (χ1v) is 8.47. The van der Waals surface area contributed by atoms with E-state index >= 15 is 0 Å². The van der Waals surface area contributed by atoms with E-state index in [1.807, 2.05) is 28.6 Å². The van der Waals surface area contributed by atoms with E-state index in [0.29, 0.717) is 12.2 Å². The summed E-state index contributed by atoms with van der Waals surface area (Å²) in [6, 6.07) is 12.2. The van der Waals surface area contributed by atoms with Crippen molar-refractivity contribution in [3.63, 3.8) is 0 Å². The van der Waals surface area contributed by atoms with Gasteiger partial charge in [0, 0.05) is 23.3 Å². The number of rotatable bonds is 6. The van der Waals surface area contributed by atoms with Gasteiger partial charge in [-0.05, 0) is 59.5 Å². The minimum absolute atomic E-state index is 0.00864. The molecule has 24 heavy (non-hydrogen) atoms. The van der Waals surface area contributed by atoms with Gasteiger partial charge in [0.15, 0.2) is 0 Å². The van der Waals surface area contributed by atoms with Gasteiger partial charge in [-0.15, -0.1) is 0 Å². The van der Waals surface area contributed by atoms with Crippen LogP contribution in [-0.4, -0.2) is 34.3 Å². The van der Waals surface area contributed by atoms with Crippen LogP contribution in [-0.2, 0) is 0 Å². The molecule has 126 valence electrons. The summed E-state index contributed by atoms with van der Waals surface area (Å²) in [5, 5.41) is 21.8. The van der Waals surface area contributed by atoms with Crippen LogP contribution in [0.25, 0.3) is 6.08 Å². The molecule has 1 aliphatic heterocycles. The van der Waals surface area contributed by atoms with Crippen LogP contribution in [0.2, 0.25) is 0 Å². The normalized spacial score (nSPS) is 17.4. The maximum Gasteiger partial charge on any atom is 0.125 e. The highest BCUT2D eigenvalue weighted by Gasteiger charge is 2.30. The van der Waals surface area contributed by atoms with Crippen LogP contribution in [0, 0.1) is 5.82 Å². The van der Waals surface area contributed by atoms with E-state index in [1.54, 1.807) is 30.3 Å². The number of hydrogen-bond donors (Lipinski definition) is 3. The van der Waals surface area contributed by atoms with Crippen LogP contribution in [0.4, 0.5) is 10.1 Å². The van der Waals surface area contributed by atoms with Crippen LogP contribution >= 0.6 is 11.9 Å². The Morgan fingerprint density at radius 3 is 2.83 bits per heavy atom. The maximum atomic E-state index is 13.1. The van der Waals surface area contributed by atoms with E-state index in [1.165, 1.54) is 12.1 Å². The van der Waals surface area contributed by atoms with Crippen molar-refractivity contribution in [3.05, 3.63) is 65.6 Å². The van der Waals surface area contributed by atoms with Gasteiger partial charge in [-0.3, -0.25) is 0 Å². The van der Waals surface area contributed by atoms with Crippen molar-refractivity contribution in [2.75, 3.05) is 25.1 Å². The van der Waals surface area contributed by atoms with Gasteiger partial charge < -0.3 is 15.5 Å². The second-order valence-corrected chi connectivity index (χ2v) is 6.53. The lowest BCUT2D eigenvalue weighted by Gasteiger charge is -2.20. The van der Waals surface area contributed by atoms with Crippen molar-refractivity contribution in [2.24, 2.45) is 0 Å². The minimum Gasteiger partial charge on any atom is -0.395 e. The summed E-state index contributed by atoms with van der Waals surface area (Å²) in [5.74, 6) is -0.280. The van der Waals surface area contributed by atoms with E-state index < -0.39 is 0 Å². The average molecular weight is 346 g/mol. The minimum atomic E-state index is -0.280. The highest BCUT2D eigenvalue weighted by atomic mass is 32.2. The molecule has 1 heterocycles. The first-order valence-electron chi connectivity index (χ1n) is 7.70. The molecule has 0 bridgehead atoms. The standard InChI is InChI=1S/C18H19FN2O2S/c19-14-2-1-3-15(11-14)20-7-6-13-4-5-18-16(10-13)17(12-23)21(24-18)8-9-22/h1-7,10-11,17,20,22-23H,8-9,12H2/b7-6+. The van der Waals surface area contributed by atoms with Crippen molar-refractivity contribution in [1.29, 1.82) is 0 Å². The van der Waals surface area contributed by atoms with E-state index in [4.69, 9.17) is 5.11 Å². The number of hydrogen-bond acceptors (Lipinski definition) is 5. The molecule has 0 aromatic heterocycles. The molecule has 0 saturated carbocycles. The fourth-order valence-corrected chi connectivity index (χ4v) is 3.82. The average Bonchev–Trinajstić information content (AvgIpc) is 2.92. The van der Waals surface area contributed by atoms with E-state index in [0.717, 1.165) is 16.0 Å². The number of benzene rings is 2. The summed E-state index contributed by atoms with van der Waals surface area (Å²) in [7, 11) is 0. The first-order chi connectivity index (χ1) is 11.7. The molecule has 1 aliphatic rings. The summed E-state index contributed by atoms with van der Waals surface area (Å²) in [4.78, 5) is 1.10. The third kappa shape index (κ3) is 3.79. The summed E-state index contributed by atoms with van der Waals surface area (Å²) < 4.78 is 15.1. The van der Waals surface area contributed by atoms with Crippen molar-refractivity contribution in [3.8, 4) is 0 Å². The number of anilines is 1. The molecule has 2 aromatic rings. The Kier molecular flexibility index (Phi) is 5.52. The molecule has 0 amide bonds.